The fourth-order valence-electron chi connectivity index (χ4n) is 2.88. The van der Waals surface area contributed by atoms with Crippen LogP contribution < -0.4 is 9.47 Å². The highest BCUT2D eigenvalue weighted by Crippen LogP contribution is 2.38. The standard InChI is InChI=1S/C22H18Cl2N2O8/c1-3-31-18-9-12(7-16(24)20(18)33-11-19(27)32-4-2)8-17-22(28)34-21(25-17)14-6-5-13(26(29)30)10-15(14)23/h5-10H,3-4,11H2,1-2H3/b17-8-. The number of aliphatic imine (C=N–C) groups is 1. The van der Waals surface area contributed by atoms with E-state index in [1.807, 2.05) is 0 Å². The number of hydrogen-bond donors (Lipinski definition) is 0. The van der Waals surface area contributed by atoms with E-state index in [0.717, 1.165) is 6.07 Å². The zero-order valence-electron chi connectivity index (χ0n) is 18.0. The molecule has 0 fully saturated rings. The van der Waals surface area contributed by atoms with Gasteiger partial charge in [0.15, 0.2) is 23.8 Å². The number of ether oxygens (including phenoxy) is 4. The molecule has 0 bridgehead atoms. The number of carbonyl (C=O) groups excluding carboxylic acids is 2. The molecule has 0 N–H and O–H groups in total. The summed E-state index contributed by atoms with van der Waals surface area (Å²) >= 11 is 12.4. The first kappa shape index (κ1) is 25.0. The van der Waals surface area contributed by atoms with Crippen molar-refractivity contribution in [2.24, 2.45) is 4.99 Å². The van der Waals surface area contributed by atoms with Crippen LogP contribution in [0, 0.1) is 10.1 Å². The number of esters is 2. The van der Waals surface area contributed by atoms with Crippen molar-refractivity contribution >= 4 is 52.8 Å². The number of carbonyl (C=O) groups is 2. The Morgan fingerprint density at radius 1 is 1.15 bits per heavy atom. The number of halogens is 2. The van der Waals surface area contributed by atoms with Crippen LogP contribution in [0.4, 0.5) is 5.69 Å². The molecule has 2 aromatic carbocycles. The third-order valence-corrected chi connectivity index (χ3v) is 4.88. The van der Waals surface area contributed by atoms with Crippen molar-refractivity contribution in [3.63, 3.8) is 0 Å². The number of rotatable bonds is 9. The number of nitro benzene ring substituents is 1. The van der Waals surface area contributed by atoms with E-state index < -0.39 is 16.9 Å². The molecule has 1 aliphatic heterocycles. The van der Waals surface area contributed by atoms with Crippen LogP contribution in [0.3, 0.4) is 0 Å². The molecule has 3 rings (SSSR count). The summed E-state index contributed by atoms with van der Waals surface area (Å²) in [4.78, 5) is 38.4. The van der Waals surface area contributed by atoms with Gasteiger partial charge in [-0.25, -0.2) is 14.6 Å². The molecule has 0 atom stereocenters. The molecule has 0 aromatic heterocycles. The summed E-state index contributed by atoms with van der Waals surface area (Å²) in [7, 11) is 0. The maximum atomic E-state index is 12.4. The number of nitrogens with zero attached hydrogens (tertiary/aromatic N) is 2. The quantitative estimate of drug-likeness (QED) is 0.208. The third-order valence-electron chi connectivity index (χ3n) is 4.29. The van der Waals surface area contributed by atoms with Gasteiger partial charge >= 0.3 is 11.9 Å². The SMILES string of the molecule is CCOC(=O)COc1c(Cl)cc(/C=C2\N=C(c3ccc([N+](=O)[O-])cc3Cl)OC2=O)cc1OCC. The molecule has 0 spiro atoms. The predicted octanol–water partition coefficient (Wildman–Crippen LogP) is 4.59. The molecule has 1 aliphatic rings. The first-order valence-corrected chi connectivity index (χ1v) is 10.7. The van der Waals surface area contributed by atoms with Crippen LogP contribution in [-0.4, -0.2) is 42.6 Å². The molecular formula is C22H18Cl2N2O8. The summed E-state index contributed by atoms with van der Waals surface area (Å²) in [5.74, 6) is -1.01. The van der Waals surface area contributed by atoms with E-state index in [9.17, 15) is 19.7 Å². The van der Waals surface area contributed by atoms with Gasteiger partial charge in [-0.3, -0.25) is 10.1 Å². The van der Waals surface area contributed by atoms with Gasteiger partial charge in [0.2, 0.25) is 5.90 Å². The molecule has 2 aromatic rings. The van der Waals surface area contributed by atoms with Crippen LogP contribution in [0.2, 0.25) is 10.0 Å². The Balaban J connectivity index is 1.91. The van der Waals surface area contributed by atoms with Gasteiger partial charge in [0, 0.05) is 12.1 Å². The van der Waals surface area contributed by atoms with Crippen LogP contribution >= 0.6 is 23.2 Å². The van der Waals surface area contributed by atoms with E-state index in [1.54, 1.807) is 19.9 Å². The summed E-state index contributed by atoms with van der Waals surface area (Å²) < 4.78 is 21.0. The zero-order valence-corrected chi connectivity index (χ0v) is 19.5. The predicted molar refractivity (Wildman–Crippen MR) is 123 cm³/mol. The highest BCUT2D eigenvalue weighted by atomic mass is 35.5. The highest BCUT2D eigenvalue weighted by Gasteiger charge is 2.27. The minimum atomic E-state index is -0.749. The van der Waals surface area contributed by atoms with E-state index in [4.69, 9.17) is 42.1 Å². The summed E-state index contributed by atoms with van der Waals surface area (Å²) in [5, 5.41) is 11.0. The summed E-state index contributed by atoms with van der Waals surface area (Å²) in [6, 6.07) is 6.76. The summed E-state index contributed by atoms with van der Waals surface area (Å²) in [5.41, 5.74) is 0.407. The summed E-state index contributed by atoms with van der Waals surface area (Å²) in [6.45, 7) is 3.58. The molecule has 0 saturated heterocycles. The second-order valence-electron chi connectivity index (χ2n) is 6.61. The molecule has 178 valence electrons. The van der Waals surface area contributed by atoms with Crippen molar-refractivity contribution < 1.29 is 33.5 Å². The topological polar surface area (TPSA) is 127 Å². The Bertz CT molecular complexity index is 1210. The minimum Gasteiger partial charge on any atom is -0.490 e. The molecule has 12 heteroatoms. The van der Waals surface area contributed by atoms with E-state index in [1.165, 1.54) is 24.3 Å². The molecular weight excluding hydrogens is 491 g/mol. The first-order chi connectivity index (χ1) is 16.2. The van der Waals surface area contributed by atoms with E-state index in [-0.39, 0.29) is 64.2 Å². The molecule has 10 nitrogen and oxygen atoms in total. The summed E-state index contributed by atoms with van der Waals surface area (Å²) in [6.07, 6.45) is 1.41. The Morgan fingerprint density at radius 3 is 2.56 bits per heavy atom. The first-order valence-electron chi connectivity index (χ1n) is 9.95. The Labute approximate surface area is 203 Å². The van der Waals surface area contributed by atoms with Gasteiger partial charge in [0.05, 0.1) is 33.7 Å². The number of nitro groups is 1. The lowest BCUT2D eigenvalue weighted by Crippen LogP contribution is -2.15. The van der Waals surface area contributed by atoms with Gasteiger partial charge in [-0.1, -0.05) is 23.2 Å². The largest absolute Gasteiger partial charge is 0.490 e. The Hall–Kier alpha value is -3.63. The van der Waals surface area contributed by atoms with Gasteiger partial charge in [-0.15, -0.1) is 0 Å². The van der Waals surface area contributed by atoms with Crippen molar-refractivity contribution in [1.29, 1.82) is 0 Å². The van der Waals surface area contributed by atoms with Crippen LogP contribution in [-0.2, 0) is 19.1 Å². The van der Waals surface area contributed by atoms with Crippen LogP contribution in [0.1, 0.15) is 25.0 Å². The average Bonchev–Trinajstić information content (AvgIpc) is 3.13. The number of non-ortho nitro benzene ring substituents is 1. The molecule has 34 heavy (non-hydrogen) atoms. The number of cyclic esters (lactones) is 1. The van der Waals surface area contributed by atoms with Gasteiger partial charge < -0.3 is 18.9 Å². The van der Waals surface area contributed by atoms with E-state index in [2.05, 4.69) is 4.99 Å². The maximum absolute atomic E-state index is 12.4. The molecule has 0 radical (unpaired) electrons. The lowest BCUT2D eigenvalue weighted by atomic mass is 10.1. The smallest absolute Gasteiger partial charge is 0.363 e. The lowest BCUT2D eigenvalue weighted by molar-refractivity contribution is -0.384. The van der Waals surface area contributed by atoms with Crippen LogP contribution in [0.15, 0.2) is 41.0 Å². The Kier molecular flexibility index (Phi) is 8.08. The van der Waals surface area contributed by atoms with Gasteiger partial charge in [-0.2, -0.15) is 0 Å². The highest BCUT2D eigenvalue weighted by molar-refractivity contribution is 6.35. The average molecular weight is 509 g/mol. The zero-order chi connectivity index (χ0) is 24.8. The maximum Gasteiger partial charge on any atom is 0.363 e. The molecule has 1 heterocycles. The van der Waals surface area contributed by atoms with Crippen molar-refractivity contribution in [1.82, 2.24) is 0 Å². The van der Waals surface area contributed by atoms with Gasteiger partial charge in [0.25, 0.3) is 5.69 Å². The van der Waals surface area contributed by atoms with E-state index in [0.29, 0.717) is 5.56 Å². The molecule has 0 unspecified atom stereocenters. The van der Waals surface area contributed by atoms with Crippen molar-refractivity contribution in [3.8, 4) is 11.5 Å². The van der Waals surface area contributed by atoms with Gasteiger partial charge in [-0.05, 0) is 43.7 Å². The second kappa shape index (κ2) is 11.0. The fraction of sp³-hybridized carbons (Fsp3) is 0.227. The monoisotopic (exact) mass is 508 g/mol. The lowest BCUT2D eigenvalue weighted by Gasteiger charge is -2.14. The molecule has 0 amide bonds. The fourth-order valence-corrected chi connectivity index (χ4v) is 3.41. The number of benzene rings is 2. The van der Waals surface area contributed by atoms with Crippen LogP contribution in [0.25, 0.3) is 6.08 Å². The molecule has 0 saturated carbocycles. The third kappa shape index (κ3) is 5.83. The second-order valence-corrected chi connectivity index (χ2v) is 7.43. The van der Waals surface area contributed by atoms with E-state index >= 15 is 0 Å². The van der Waals surface area contributed by atoms with Crippen molar-refractivity contribution in [3.05, 3.63) is 67.3 Å². The molecule has 0 aliphatic carbocycles. The number of hydrogen-bond acceptors (Lipinski definition) is 9. The Morgan fingerprint density at radius 2 is 1.91 bits per heavy atom. The van der Waals surface area contributed by atoms with Crippen molar-refractivity contribution in [2.75, 3.05) is 19.8 Å². The minimum absolute atomic E-state index is 0.00628. The van der Waals surface area contributed by atoms with Gasteiger partial charge in [0.1, 0.15) is 0 Å². The van der Waals surface area contributed by atoms with Crippen LogP contribution in [0.5, 0.6) is 11.5 Å². The van der Waals surface area contributed by atoms with Crippen molar-refractivity contribution in [2.45, 2.75) is 13.8 Å². The normalized spacial score (nSPS) is 13.9.